The first kappa shape index (κ1) is 24.5. The Morgan fingerprint density at radius 3 is 2.54 bits per heavy atom. The van der Waals surface area contributed by atoms with Crippen LogP contribution in [0.3, 0.4) is 0 Å². The number of carbonyl (C=O) groups excluding carboxylic acids is 3. The maximum absolute atomic E-state index is 12.2. The number of hydrogen-bond acceptors (Lipinski definition) is 5. The Morgan fingerprint density at radius 1 is 1.07 bits per heavy atom. The smallest absolute Gasteiger partial charge is 0.305 e. The lowest BCUT2D eigenvalue weighted by atomic mass is 9.86. The zero-order chi connectivity index (χ0) is 20.8. The fourth-order valence-corrected chi connectivity index (χ4v) is 3.91. The molecule has 1 saturated carbocycles. The molecule has 1 fully saturated rings. The number of allylic oxidation sites excluding steroid dienone is 2. The second kappa shape index (κ2) is 14.5. The number of hydrogen-bond donors (Lipinski definition) is 1. The average molecular weight is 395 g/mol. The van der Waals surface area contributed by atoms with Crippen molar-refractivity contribution in [3.63, 3.8) is 0 Å². The fourth-order valence-electron chi connectivity index (χ4n) is 3.91. The highest BCUT2D eigenvalue weighted by Gasteiger charge is 2.40. The van der Waals surface area contributed by atoms with Crippen LogP contribution in [0.5, 0.6) is 0 Å². The van der Waals surface area contributed by atoms with E-state index in [0.717, 1.165) is 44.9 Å². The Bertz CT molecular complexity index is 511. The zero-order valence-corrected chi connectivity index (χ0v) is 17.7. The summed E-state index contributed by atoms with van der Waals surface area (Å²) < 4.78 is 4.61. The number of esters is 1. The number of methoxy groups -OCH3 is 1. The molecule has 28 heavy (non-hydrogen) atoms. The van der Waals surface area contributed by atoms with E-state index in [1.54, 1.807) is 0 Å². The van der Waals surface area contributed by atoms with Crippen molar-refractivity contribution >= 4 is 17.5 Å². The standard InChI is InChI=1S/C23H38O5/c1-3-4-9-12-18(24)15-16-20-19(21(25)17-22(20)26)13-10-7-5-6-8-11-14-23(27)28-2/h7,10,19-20,22,26H,3-6,8-9,11-17H2,1-2H3/b10-7-/t19?,20-,22?/m1/s1. The Balaban J connectivity index is 2.29. The van der Waals surface area contributed by atoms with Crippen molar-refractivity contribution < 1.29 is 24.2 Å². The molecule has 1 aliphatic carbocycles. The van der Waals surface area contributed by atoms with Crippen molar-refractivity contribution in [1.29, 1.82) is 0 Å². The molecule has 0 aromatic carbocycles. The monoisotopic (exact) mass is 394 g/mol. The lowest BCUT2D eigenvalue weighted by molar-refractivity contribution is -0.140. The Morgan fingerprint density at radius 2 is 1.82 bits per heavy atom. The van der Waals surface area contributed by atoms with Gasteiger partial charge in [0.25, 0.3) is 0 Å². The van der Waals surface area contributed by atoms with Gasteiger partial charge in [-0.3, -0.25) is 14.4 Å². The van der Waals surface area contributed by atoms with Gasteiger partial charge in [0.1, 0.15) is 11.6 Å². The van der Waals surface area contributed by atoms with Gasteiger partial charge >= 0.3 is 5.97 Å². The molecule has 0 amide bonds. The molecule has 0 spiro atoms. The maximum atomic E-state index is 12.2. The van der Waals surface area contributed by atoms with Crippen LogP contribution in [0.1, 0.15) is 90.4 Å². The first-order valence-corrected chi connectivity index (χ1v) is 10.9. The quantitative estimate of drug-likeness (QED) is 0.250. The molecule has 0 heterocycles. The van der Waals surface area contributed by atoms with E-state index in [2.05, 4.69) is 17.7 Å². The number of Topliss-reactive ketones (excluding diaryl/α,β-unsaturated/α-hetero) is 2. The highest BCUT2D eigenvalue weighted by atomic mass is 16.5. The first-order valence-electron chi connectivity index (χ1n) is 10.9. The normalized spacial score (nSPS) is 22.1. The minimum absolute atomic E-state index is 0.0904. The number of aliphatic hydroxyl groups is 1. The summed E-state index contributed by atoms with van der Waals surface area (Å²) in [5.41, 5.74) is 0. The van der Waals surface area contributed by atoms with E-state index in [1.165, 1.54) is 7.11 Å². The summed E-state index contributed by atoms with van der Waals surface area (Å²) in [6.07, 6.45) is 13.4. The van der Waals surface area contributed by atoms with Crippen LogP contribution in [0.15, 0.2) is 12.2 Å². The third kappa shape index (κ3) is 9.63. The SMILES string of the molecule is CCCCCC(=O)CC[C@H]1C(O)CC(=O)C1C/C=C\CCCCCC(=O)OC. The molecule has 2 unspecified atom stereocenters. The molecule has 0 aromatic heterocycles. The summed E-state index contributed by atoms with van der Waals surface area (Å²) in [7, 11) is 1.40. The molecule has 1 rings (SSSR count). The van der Waals surface area contributed by atoms with E-state index in [1.807, 2.05) is 6.08 Å². The van der Waals surface area contributed by atoms with Crippen LogP contribution in [0.2, 0.25) is 0 Å². The molecular weight excluding hydrogens is 356 g/mol. The molecule has 160 valence electrons. The van der Waals surface area contributed by atoms with Gasteiger partial charge in [-0.15, -0.1) is 0 Å². The van der Waals surface area contributed by atoms with Gasteiger partial charge in [0.15, 0.2) is 0 Å². The van der Waals surface area contributed by atoms with Crippen LogP contribution in [0.25, 0.3) is 0 Å². The largest absolute Gasteiger partial charge is 0.469 e. The number of aliphatic hydroxyl groups excluding tert-OH is 1. The van der Waals surface area contributed by atoms with Gasteiger partial charge in [0.05, 0.1) is 13.2 Å². The molecule has 0 aromatic rings. The molecule has 0 radical (unpaired) electrons. The van der Waals surface area contributed by atoms with Crippen LogP contribution in [0.4, 0.5) is 0 Å². The van der Waals surface area contributed by atoms with Gasteiger partial charge in [-0.25, -0.2) is 0 Å². The number of unbranched alkanes of at least 4 members (excludes halogenated alkanes) is 5. The second-order valence-electron chi connectivity index (χ2n) is 7.93. The molecule has 1 N–H and O–H groups in total. The number of ketones is 2. The van der Waals surface area contributed by atoms with Gasteiger partial charge in [-0.1, -0.05) is 38.3 Å². The molecular formula is C23H38O5. The third-order valence-electron chi connectivity index (χ3n) is 5.69. The maximum Gasteiger partial charge on any atom is 0.305 e. The van der Waals surface area contributed by atoms with Crippen LogP contribution in [0, 0.1) is 11.8 Å². The summed E-state index contributed by atoms with van der Waals surface area (Å²) in [4.78, 5) is 35.3. The Kier molecular flexibility index (Phi) is 12.7. The molecule has 5 heteroatoms. The molecule has 3 atom stereocenters. The Hall–Kier alpha value is -1.49. The van der Waals surface area contributed by atoms with Gasteiger partial charge < -0.3 is 9.84 Å². The van der Waals surface area contributed by atoms with E-state index in [9.17, 15) is 19.5 Å². The van der Waals surface area contributed by atoms with Gasteiger partial charge in [0.2, 0.25) is 0 Å². The van der Waals surface area contributed by atoms with E-state index < -0.39 is 6.10 Å². The summed E-state index contributed by atoms with van der Waals surface area (Å²) >= 11 is 0. The summed E-state index contributed by atoms with van der Waals surface area (Å²) in [5.74, 6) is -0.0371. The van der Waals surface area contributed by atoms with E-state index in [4.69, 9.17) is 0 Å². The molecule has 0 aliphatic heterocycles. The molecule has 0 bridgehead atoms. The first-order chi connectivity index (χ1) is 13.5. The van der Waals surface area contributed by atoms with Crippen LogP contribution in [-0.2, 0) is 19.1 Å². The van der Waals surface area contributed by atoms with Gasteiger partial charge in [-0.2, -0.15) is 0 Å². The van der Waals surface area contributed by atoms with Crippen molar-refractivity contribution in [3.8, 4) is 0 Å². The Labute approximate surface area is 169 Å². The van der Waals surface area contributed by atoms with Crippen molar-refractivity contribution in [2.75, 3.05) is 7.11 Å². The topological polar surface area (TPSA) is 80.7 Å². The van der Waals surface area contributed by atoms with E-state index in [0.29, 0.717) is 32.1 Å². The minimum atomic E-state index is -0.604. The van der Waals surface area contributed by atoms with E-state index >= 15 is 0 Å². The van der Waals surface area contributed by atoms with Crippen molar-refractivity contribution in [2.24, 2.45) is 11.8 Å². The lowest BCUT2D eigenvalue weighted by Gasteiger charge is -2.19. The minimum Gasteiger partial charge on any atom is -0.469 e. The number of carbonyl (C=O) groups is 3. The van der Waals surface area contributed by atoms with Crippen molar-refractivity contribution in [1.82, 2.24) is 0 Å². The number of ether oxygens (including phenoxy) is 1. The summed E-state index contributed by atoms with van der Waals surface area (Å²) in [5, 5.41) is 10.2. The highest BCUT2D eigenvalue weighted by Crippen LogP contribution is 2.35. The fraction of sp³-hybridized carbons (Fsp3) is 0.783. The zero-order valence-electron chi connectivity index (χ0n) is 17.7. The van der Waals surface area contributed by atoms with Crippen molar-refractivity contribution in [3.05, 3.63) is 12.2 Å². The lowest BCUT2D eigenvalue weighted by Crippen LogP contribution is -2.21. The van der Waals surface area contributed by atoms with E-state index in [-0.39, 0.29) is 35.8 Å². The molecule has 1 aliphatic rings. The second-order valence-corrected chi connectivity index (χ2v) is 7.93. The average Bonchev–Trinajstić information content (AvgIpc) is 2.94. The highest BCUT2D eigenvalue weighted by molar-refractivity contribution is 5.84. The van der Waals surface area contributed by atoms with Crippen molar-refractivity contribution in [2.45, 2.75) is 96.5 Å². The number of rotatable bonds is 15. The third-order valence-corrected chi connectivity index (χ3v) is 5.69. The predicted octanol–water partition coefficient (Wildman–Crippen LogP) is 4.55. The summed E-state index contributed by atoms with van der Waals surface area (Å²) in [6.45, 7) is 2.12. The van der Waals surface area contributed by atoms with Gasteiger partial charge in [0, 0.05) is 31.6 Å². The van der Waals surface area contributed by atoms with Gasteiger partial charge in [-0.05, 0) is 44.4 Å². The molecule has 0 saturated heterocycles. The molecule has 5 nitrogen and oxygen atoms in total. The van der Waals surface area contributed by atoms with Crippen LogP contribution >= 0.6 is 0 Å². The predicted molar refractivity (Wildman–Crippen MR) is 110 cm³/mol. The van der Waals surface area contributed by atoms with Crippen LogP contribution < -0.4 is 0 Å². The van der Waals surface area contributed by atoms with Crippen LogP contribution in [-0.4, -0.2) is 35.9 Å². The summed E-state index contributed by atoms with van der Waals surface area (Å²) in [6, 6.07) is 0.